The Kier molecular flexibility index (Phi) is 5.30. The molecule has 0 heterocycles. The molecule has 0 saturated carbocycles. The Labute approximate surface area is 57.8 Å². The number of ether oxygens (including phenoxy) is 1. The van der Waals surface area contributed by atoms with Gasteiger partial charge in [-0.25, -0.2) is 0 Å². The van der Waals surface area contributed by atoms with E-state index in [2.05, 4.69) is 4.74 Å². The number of thioether (sulfide) groups is 1. The molecule has 0 aliphatic heterocycles. The van der Waals surface area contributed by atoms with Gasteiger partial charge in [0.25, 0.3) is 0 Å². The van der Waals surface area contributed by atoms with Crippen LogP contribution in [0.25, 0.3) is 0 Å². The summed E-state index contributed by atoms with van der Waals surface area (Å²) in [6.45, 7) is 0. The van der Waals surface area contributed by atoms with Crippen LogP contribution in [0.15, 0.2) is 0 Å². The van der Waals surface area contributed by atoms with Crippen LogP contribution in [0.3, 0.4) is 0 Å². The third kappa shape index (κ3) is 5.36. The lowest BCUT2D eigenvalue weighted by molar-refractivity contribution is -0.136. The molecule has 1 radical (unpaired) electrons. The molecule has 4 heteroatoms. The molecular formula is C5H7O3S. The fourth-order valence-corrected chi connectivity index (χ4v) is 0.550. The standard InChI is InChI=1S/C5H7O3S/c1-8-5(7)2-3-9-4-6/h2,4H,3H2,1H3. The summed E-state index contributed by atoms with van der Waals surface area (Å²) in [6.07, 6.45) is 1.30. The summed E-state index contributed by atoms with van der Waals surface area (Å²) in [7, 11) is 1.30. The number of methoxy groups -OCH3 is 1. The molecule has 0 aromatic carbocycles. The minimum Gasteiger partial charge on any atom is -0.469 e. The van der Waals surface area contributed by atoms with Crippen molar-refractivity contribution >= 4 is 23.3 Å². The molecule has 0 bridgehead atoms. The van der Waals surface area contributed by atoms with E-state index in [1.807, 2.05) is 0 Å². The van der Waals surface area contributed by atoms with Crippen LogP contribution in [0.5, 0.6) is 0 Å². The Hall–Kier alpha value is -0.510. The monoisotopic (exact) mass is 147 g/mol. The molecule has 0 unspecified atom stereocenters. The second-order valence-electron chi connectivity index (χ2n) is 1.16. The summed E-state index contributed by atoms with van der Waals surface area (Å²) >= 11 is 1.01. The predicted octanol–water partition coefficient (Wildman–Crippen LogP) is 0.287. The number of hydrogen-bond donors (Lipinski definition) is 0. The second kappa shape index (κ2) is 5.62. The van der Waals surface area contributed by atoms with Crippen molar-refractivity contribution in [1.29, 1.82) is 0 Å². The van der Waals surface area contributed by atoms with Gasteiger partial charge >= 0.3 is 5.97 Å². The zero-order valence-electron chi connectivity index (χ0n) is 4.99. The second-order valence-corrected chi connectivity index (χ2v) is 2.02. The summed E-state index contributed by atoms with van der Waals surface area (Å²) in [5, 5.41) is 0. The number of hydrogen-bond acceptors (Lipinski definition) is 4. The quantitative estimate of drug-likeness (QED) is 0.325. The van der Waals surface area contributed by atoms with Crippen LogP contribution in [0.2, 0.25) is 0 Å². The molecule has 9 heavy (non-hydrogen) atoms. The lowest BCUT2D eigenvalue weighted by atomic mass is 10.5. The van der Waals surface area contributed by atoms with Gasteiger partial charge in [-0.3, -0.25) is 9.59 Å². The maximum absolute atomic E-state index is 10.3. The van der Waals surface area contributed by atoms with Gasteiger partial charge in [-0.1, -0.05) is 11.8 Å². The minimum atomic E-state index is -0.399. The molecule has 0 fully saturated rings. The molecule has 0 aromatic rings. The average molecular weight is 147 g/mol. The van der Waals surface area contributed by atoms with E-state index >= 15 is 0 Å². The number of carbonyl (C=O) groups excluding carboxylic acids is 2. The molecule has 0 aromatic heterocycles. The first-order valence-electron chi connectivity index (χ1n) is 2.27. The molecule has 0 spiro atoms. The van der Waals surface area contributed by atoms with Gasteiger partial charge in [0.15, 0.2) is 5.62 Å². The van der Waals surface area contributed by atoms with Crippen LogP contribution in [0.4, 0.5) is 0 Å². The van der Waals surface area contributed by atoms with E-state index < -0.39 is 5.97 Å². The van der Waals surface area contributed by atoms with Gasteiger partial charge in [-0.15, -0.1) is 0 Å². The molecule has 0 atom stereocenters. The molecule has 0 aliphatic carbocycles. The van der Waals surface area contributed by atoms with Crippen LogP contribution in [0.1, 0.15) is 0 Å². The van der Waals surface area contributed by atoms with Crippen molar-refractivity contribution < 1.29 is 14.3 Å². The molecule has 0 N–H and O–H groups in total. The van der Waals surface area contributed by atoms with E-state index in [1.54, 1.807) is 0 Å². The zero-order chi connectivity index (χ0) is 7.11. The van der Waals surface area contributed by atoms with Crippen LogP contribution in [-0.4, -0.2) is 24.5 Å². The lowest BCUT2D eigenvalue weighted by Crippen LogP contribution is -2.01. The van der Waals surface area contributed by atoms with E-state index in [0.29, 0.717) is 11.4 Å². The summed E-state index contributed by atoms with van der Waals surface area (Å²) in [5.74, 6) is -0.0137. The normalized spacial score (nSPS) is 8.56. The third-order valence-corrected chi connectivity index (χ3v) is 1.11. The van der Waals surface area contributed by atoms with Crippen LogP contribution in [-0.2, 0) is 14.3 Å². The van der Waals surface area contributed by atoms with Gasteiger partial charge in [-0.05, 0) is 0 Å². The van der Waals surface area contributed by atoms with Crippen molar-refractivity contribution in [2.75, 3.05) is 12.9 Å². The van der Waals surface area contributed by atoms with Crippen LogP contribution >= 0.6 is 11.8 Å². The molecule has 0 rings (SSSR count). The number of esters is 1. The SMILES string of the molecule is COC(=O)[CH]CSC=O. The van der Waals surface area contributed by atoms with E-state index in [0.717, 1.165) is 11.8 Å². The summed E-state index contributed by atoms with van der Waals surface area (Å²) in [6, 6.07) is 0. The van der Waals surface area contributed by atoms with Crippen molar-refractivity contribution in [2.24, 2.45) is 0 Å². The topological polar surface area (TPSA) is 43.4 Å². The largest absolute Gasteiger partial charge is 0.469 e. The highest BCUT2D eigenvalue weighted by atomic mass is 32.2. The molecule has 51 valence electrons. The summed E-state index contributed by atoms with van der Waals surface area (Å²) in [5.41, 5.74) is 0.680. The maximum atomic E-state index is 10.3. The van der Waals surface area contributed by atoms with E-state index in [-0.39, 0.29) is 0 Å². The zero-order valence-corrected chi connectivity index (χ0v) is 5.81. The lowest BCUT2D eigenvalue weighted by Gasteiger charge is -1.92. The first-order valence-corrected chi connectivity index (χ1v) is 3.32. The fraction of sp³-hybridized carbons (Fsp3) is 0.400. The van der Waals surface area contributed by atoms with Gasteiger partial charge in [0.05, 0.1) is 13.5 Å². The Morgan fingerprint density at radius 2 is 2.44 bits per heavy atom. The summed E-state index contributed by atoms with van der Waals surface area (Å²) in [4.78, 5) is 19.9. The van der Waals surface area contributed by atoms with Crippen LogP contribution in [0, 0.1) is 6.42 Å². The van der Waals surface area contributed by atoms with E-state index in [1.165, 1.54) is 13.5 Å². The molecular weight excluding hydrogens is 140 g/mol. The fourth-order valence-electron chi connectivity index (χ4n) is 0.239. The van der Waals surface area contributed by atoms with Gasteiger partial charge in [0.2, 0.25) is 0 Å². The highest BCUT2D eigenvalue weighted by Crippen LogP contribution is 1.95. The maximum Gasteiger partial charge on any atom is 0.310 e. The highest BCUT2D eigenvalue weighted by molar-refractivity contribution is 8.11. The molecule has 0 amide bonds. The predicted molar refractivity (Wildman–Crippen MR) is 35.5 cm³/mol. The van der Waals surface area contributed by atoms with Crippen molar-refractivity contribution in [3.63, 3.8) is 0 Å². The van der Waals surface area contributed by atoms with Crippen molar-refractivity contribution in [2.45, 2.75) is 0 Å². The third-order valence-electron chi connectivity index (χ3n) is 0.615. The molecule has 0 saturated heterocycles. The Bertz CT molecular complexity index is 102. The van der Waals surface area contributed by atoms with Gasteiger partial charge in [0.1, 0.15) is 0 Å². The van der Waals surface area contributed by atoms with E-state index in [4.69, 9.17) is 0 Å². The average Bonchev–Trinajstić information content (AvgIpc) is 1.89. The number of carbonyl (C=O) groups is 2. The van der Waals surface area contributed by atoms with E-state index in [9.17, 15) is 9.59 Å². The van der Waals surface area contributed by atoms with Gasteiger partial charge in [0, 0.05) is 5.75 Å². The Balaban J connectivity index is 3.06. The highest BCUT2D eigenvalue weighted by Gasteiger charge is 1.98. The minimum absolute atomic E-state index is 0.385. The van der Waals surface area contributed by atoms with Crippen LogP contribution < -0.4 is 0 Å². The first-order chi connectivity index (χ1) is 4.31. The molecule has 0 aliphatic rings. The van der Waals surface area contributed by atoms with Gasteiger partial charge in [-0.2, -0.15) is 0 Å². The van der Waals surface area contributed by atoms with Crippen molar-refractivity contribution in [1.82, 2.24) is 0 Å². The number of rotatable bonds is 4. The molecule has 3 nitrogen and oxygen atoms in total. The van der Waals surface area contributed by atoms with Crippen molar-refractivity contribution in [3.05, 3.63) is 6.42 Å². The van der Waals surface area contributed by atoms with Crippen molar-refractivity contribution in [3.8, 4) is 0 Å². The summed E-state index contributed by atoms with van der Waals surface area (Å²) < 4.78 is 4.27. The Morgan fingerprint density at radius 3 is 2.89 bits per heavy atom. The van der Waals surface area contributed by atoms with Gasteiger partial charge < -0.3 is 4.74 Å². The first kappa shape index (κ1) is 8.49. The Morgan fingerprint density at radius 1 is 1.78 bits per heavy atom. The smallest absolute Gasteiger partial charge is 0.310 e.